The van der Waals surface area contributed by atoms with Crippen molar-refractivity contribution in [2.75, 3.05) is 13.7 Å². The lowest BCUT2D eigenvalue weighted by atomic mass is 9.95. The molecule has 0 N–H and O–H groups in total. The van der Waals surface area contributed by atoms with Crippen LogP contribution in [0.1, 0.15) is 49.3 Å². The Balaban J connectivity index is 1.77. The van der Waals surface area contributed by atoms with Gasteiger partial charge >= 0.3 is 0 Å². The average Bonchev–Trinajstić information content (AvgIpc) is 3.18. The number of hydrogen-bond acceptors (Lipinski definition) is 5. The molecule has 6 heteroatoms. The molecule has 4 rings (SSSR count). The highest BCUT2D eigenvalue weighted by Crippen LogP contribution is 2.34. The summed E-state index contributed by atoms with van der Waals surface area (Å²) in [6, 6.07) is 16.9. The van der Waals surface area contributed by atoms with Gasteiger partial charge < -0.3 is 4.74 Å². The maximum atomic E-state index is 5.35. The minimum absolute atomic E-state index is 0.0199. The zero-order valence-electron chi connectivity index (χ0n) is 17.0. The second-order valence-corrected chi connectivity index (χ2v) is 8.28. The van der Waals surface area contributed by atoms with Gasteiger partial charge in [-0.15, -0.1) is 5.10 Å². The van der Waals surface area contributed by atoms with Gasteiger partial charge in [-0.2, -0.15) is 0 Å². The van der Waals surface area contributed by atoms with Crippen LogP contribution in [0.3, 0.4) is 0 Å². The number of nitrogens with zero attached hydrogens (tertiary/aromatic N) is 5. The molecular formula is C22H27N5O. The first-order chi connectivity index (χ1) is 13.5. The molecule has 0 radical (unpaired) electrons. The molecule has 0 saturated carbocycles. The normalized spacial score (nSPS) is 15.9. The predicted octanol–water partition coefficient (Wildman–Crippen LogP) is 3.58. The summed E-state index contributed by atoms with van der Waals surface area (Å²) in [4.78, 5) is 2.47. The molecule has 1 atom stereocenters. The van der Waals surface area contributed by atoms with Crippen molar-refractivity contribution in [2.24, 2.45) is 0 Å². The fraction of sp³-hybridized carbons (Fsp3) is 0.409. The van der Waals surface area contributed by atoms with Crippen molar-refractivity contribution < 1.29 is 4.74 Å². The number of methoxy groups -OCH3 is 1. The third-order valence-electron chi connectivity index (χ3n) is 5.33. The van der Waals surface area contributed by atoms with Gasteiger partial charge in [0.25, 0.3) is 0 Å². The third-order valence-corrected chi connectivity index (χ3v) is 5.33. The van der Waals surface area contributed by atoms with Crippen molar-refractivity contribution in [1.29, 1.82) is 0 Å². The minimum atomic E-state index is -0.197. The lowest BCUT2D eigenvalue weighted by Gasteiger charge is -2.36. The summed E-state index contributed by atoms with van der Waals surface area (Å²) in [5.41, 5.74) is 3.78. The molecule has 0 amide bonds. The summed E-state index contributed by atoms with van der Waals surface area (Å²) in [6.45, 7) is 8.23. The van der Waals surface area contributed by atoms with E-state index in [0.717, 1.165) is 31.1 Å². The number of aromatic nitrogens is 4. The molecule has 0 fully saturated rings. The first-order valence-electron chi connectivity index (χ1n) is 9.71. The van der Waals surface area contributed by atoms with E-state index in [4.69, 9.17) is 4.74 Å². The second kappa shape index (κ2) is 7.36. The van der Waals surface area contributed by atoms with Crippen LogP contribution in [0.2, 0.25) is 0 Å². The van der Waals surface area contributed by atoms with Crippen molar-refractivity contribution in [1.82, 2.24) is 25.1 Å². The van der Waals surface area contributed by atoms with E-state index in [0.29, 0.717) is 0 Å². The Morgan fingerprint density at radius 2 is 1.71 bits per heavy atom. The van der Waals surface area contributed by atoms with Crippen molar-refractivity contribution in [3.8, 4) is 5.75 Å². The lowest BCUT2D eigenvalue weighted by Crippen LogP contribution is -2.38. The average molecular weight is 377 g/mol. The van der Waals surface area contributed by atoms with Crippen LogP contribution >= 0.6 is 0 Å². The molecule has 1 aromatic heterocycles. The number of fused-ring (bicyclic) bond motifs is 1. The molecule has 1 aliphatic heterocycles. The monoisotopic (exact) mass is 377 g/mol. The Kier molecular flexibility index (Phi) is 4.89. The number of benzene rings is 2. The topological polar surface area (TPSA) is 56.1 Å². The van der Waals surface area contributed by atoms with Crippen molar-refractivity contribution >= 4 is 0 Å². The first-order valence-corrected chi connectivity index (χ1v) is 9.71. The summed E-state index contributed by atoms with van der Waals surface area (Å²) in [7, 11) is 1.69. The highest BCUT2D eigenvalue weighted by molar-refractivity contribution is 5.34. The van der Waals surface area contributed by atoms with E-state index in [-0.39, 0.29) is 11.6 Å². The maximum Gasteiger partial charge on any atom is 0.173 e. The van der Waals surface area contributed by atoms with Crippen molar-refractivity contribution in [3.63, 3.8) is 0 Å². The number of tetrazole rings is 1. The zero-order chi connectivity index (χ0) is 19.7. The van der Waals surface area contributed by atoms with Gasteiger partial charge in [-0.1, -0.05) is 36.4 Å². The summed E-state index contributed by atoms with van der Waals surface area (Å²) in [5, 5.41) is 12.8. The summed E-state index contributed by atoms with van der Waals surface area (Å²) >= 11 is 0. The Bertz CT molecular complexity index is 942. The number of rotatable bonds is 4. The molecule has 2 aromatic carbocycles. The third kappa shape index (κ3) is 3.52. The smallest absolute Gasteiger partial charge is 0.173 e. The van der Waals surface area contributed by atoms with Crippen LogP contribution < -0.4 is 4.74 Å². The molecule has 0 aliphatic carbocycles. The SMILES string of the molecule is COc1ccc([C@H](c2nnnn2C(C)(C)C)N2CCc3ccccc3C2)cc1. The molecule has 6 nitrogen and oxygen atoms in total. The number of hydrogen-bond donors (Lipinski definition) is 0. The highest BCUT2D eigenvalue weighted by atomic mass is 16.5. The lowest BCUT2D eigenvalue weighted by molar-refractivity contribution is 0.185. The van der Waals surface area contributed by atoms with E-state index in [1.54, 1.807) is 7.11 Å². The first kappa shape index (κ1) is 18.6. The quantitative estimate of drug-likeness (QED) is 0.695. The van der Waals surface area contributed by atoms with E-state index >= 15 is 0 Å². The molecular weight excluding hydrogens is 350 g/mol. The van der Waals surface area contributed by atoms with E-state index in [9.17, 15) is 0 Å². The fourth-order valence-electron chi connectivity index (χ4n) is 3.89. The summed E-state index contributed by atoms with van der Waals surface area (Å²) < 4.78 is 7.30. The molecule has 3 aromatic rings. The van der Waals surface area contributed by atoms with Gasteiger partial charge in [-0.3, -0.25) is 4.90 Å². The van der Waals surface area contributed by atoms with Crippen molar-refractivity contribution in [2.45, 2.75) is 45.3 Å². The molecule has 2 heterocycles. The predicted molar refractivity (Wildman–Crippen MR) is 108 cm³/mol. The fourth-order valence-corrected chi connectivity index (χ4v) is 3.89. The van der Waals surface area contributed by atoms with Crippen LogP contribution in [0.4, 0.5) is 0 Å². The second-order valence-electron chi connectivity index (χ2n) is 8.28. The molecule has 28 heavy (non-hydrogen) atoms. The molecule has 0 saturated heterocycles. The van der Waals surface area contributed by atoms with Crippen molar-refractivity contribution in [3.05, 3.63) is 71.0 Å². The van der Waals surface area contributed by atoms with Gasteiger partial charge in [0.1, 0.15) is 5.75 Å². The van der Waals surface area contributed by atoms with Crippen LogP contribution in [0.15, 0.2) is 48.5 Å². The Hall–Kier alpha value is -2.73. The van der Waals surface area contributed by atoms with Gasteiger partial charge in [0.2, 0.25) is 0 Å². The Morgan fingerprint density at radius 1 is 1.00 bits per heavy atom. The maximum absolute atomic E-state index is 5.35. The van der Waals surface area contributed by atoms with E-state index in [2.05, 4.69) is 77.6 Å². The van der Waals surface area contributed by atoms with Crippen LogP contribution in [0, 0.1) is 0 Å². The van der Waals surface area contributed by atoms with Gasteiger partial charge in [0.15, 0.2) is 5.82 Å². The number of ether oxygens (including phenoxy) is 1. The van der Waals surface area contributed by atoms with Gasteiger partial charge in [-0.25, -0.2) is 4.68 Å². The molecule has 146 valence electrons. The summed E-state index contributed by atoms with van der Waals surface area (Å²) in [5.74, 6) is 1.72. The highest BCUT2D eigenvalue weighted by Gasteiger charge is 2.33. The van der Waals surface area contributed by atoms with Crippen LogP contribution in [-0.4, -0.2) is 38.8 Å². The molecule has 0 spiro atoms. The van der Waals surface area contributed by atoms with E-state index < -0.39 is 0 Å². The van der Waals surface area contributed by atoms with E-state index in [1.165, 1.54) is 16.7 Å². The van der Waals surface area contributed by atoms with Crippen LogP contribution in [0.25, 0.3) is 0 Å². The molecule has 1 aliphatic rings. The minimum Gasteiger partial charge on any atom is -0.497 e. The van der Waals surface area contributed by atoms with Gasteiger partial charge in [0.05, 0.1) is 18.7 Å². The largest absolute Gasteiger partial charge is 0.497 e. The Labute approximate surface area is 166 Å². The van der Waals surface area contributed by atoms with Gasteiger partial charge in [0, 0.05) is 13.1 Å². The van der Waals surface area contributed by atoms with Gasteiger partial charge in [-0.05, 0) is 66.4 Å². The zero-order valence-corrected chi connectivity index (χ0v) is 17.0. The van der Waals surface area contributed by atoms with Crippen LogP contribution in [0.5, 0.6) is 5.75 Å². The summed E-state index contributed by atoms with van der Waals surface area (Å²) in [6.07, 6.45) is 1.03. The Morgan fingerprint density at radius 3 is 2.39 bits per heavy atom. The molecule has 0 unspecified atom stereocenters. The van der Waals surface area contributed by atoms with Crippen LogP contribution in [-0.2, 0) is 18.5 Å². The molecule has 0 bridgehead atoms. The standard InChI is InChI=1S/C22H27N5O/c1-22(2,3)27-21(23-24-25-27)20(17-9-11-19(28-4)12-10-17)26-14-13-16-7-5-6-8-18(16)15-26/h5-12,20H,13-15H2,1-4H3/t20-/m1/s1. The van der Waals surface area contributed by atoms with E-state index in [1.807, 2.05) is 16.8 Å².